The monoisotopic (exact) mass is 421 g/mol. The van der Waals surface area contributed by atoms with Crippen LogP contribution in [0.25, 0.3) is 0 Å². The second-order valence-electron chi connectivity index (χ2n) is 6.80. The second-order valence-corrected chi connectivity index (χ2v) is 8.38. The zero-order valence-electron chi connectivity index (χ0n) is 16.1. The van der Waals surface area contributed by atoms with Gasteiger partial charge in [0.15, 0.2) is 0 Å². The van der Waals surface area contributed by atoms with Crippen LogP contribution in [0.1, 0.15) is 27.6 Å². The summed E-state index contributed by atoms with van der Waals surface area (Å²) in [7, 11) is 0. The molecule has 1 fully saturated rings. The van der Waals surface area contributed by atoms with E-state index in [2.05, 4.69) is 31.3 Å². The highest BCUT2D eigenvalue weighted by molar-refractivity contribution is 7.99. The molecule has 2 N–H and O–H groups in total. The third-order valence-corrected chi connectivity index (χ3v) is 6.28. The van der Waals surface area contributed by atoms with Gasteiger partial charge in [-0.15, -0.1) is 11.8 Å². The summed E-state index contributed by atoms with van der Waals surface area (Å²) in [6.07, 6.45) is 0. The fourth-order valence-electron chi connectivity index (χ4n) is 3.09. The Morgan fingerprint density at radius 2 is 1.89 bits per heavy atom. The molecule has 0 radical (unpaired) electrons. The molecule has 0 aliphatic carbocycles. The zero-order chi connectivity index (χ0) is 20.3. The summed E-state index contributed by atoms with van der Waals surface area (Å²) < 4.78 is 11.9. The molecule has 3 rings (SSSR count). The molecule has 7 heteroatoms. The molecule has 2 aromatic rings. The number of ether oxygens (including phenoxy) is 2. The first-order valence-electron chi connectivity index (χ1n) is 9.09. The van der Waals surface area contributed by atoms with Gasteiger partial charge in [-0.25, -0.2) is 0 Å². The van der Waals surface area contributed by atoms with Crippen LogP contribution in [0.5, 0.6) is 11.5 Å². The third kappa shape index (κ3) is 4.74. The van der Waals surface area contributed by atoms with Gasteiger partial charge >= 0.3 is 5.97 Å². The van der Waals surface area contributed by atoms with Crippen molar-refractivity contribution in [3.8, 4) is 11.5 Å². The highest BCUT2D eigenvalue weighted by atomic mass is 35.5. The van der Waals surface area contributed by atoms with Crippen LogP contribution in [0.3, 0.4) is 0 Å². The van der Waals surface area contributed by atoms with Gasteiger partial charge in [-0.1, -0.05) is 23.7 Å². The van der Waals surface area contributed by atoms with E-state index in [1.165, 1.54) is 17.3 Å². The molecule has 150 valence electrons. The molecule has 28 heavy (non-hydrogen) atoms. The molecule has 0 spiro atoms. The van der Waals surface area contributed by atoms with Gasteiger partial charge in [0.2, 0.25) is 0 Å². The first kappa shape index (κ1) is 20.8. The van der Waals surface area contributed by atoms with Crippen molar-refractivity contribution in [3.05, 3.63) is 57.6 Å². The van der Waals surface area contributed by atoms with Crippen LogP contribution in [0.2, 0.25) is 5.02 Å². The van der Waals surface area contributed by atoms with E-state index >= 15 is 0 Å². The number of rotatable bonds is 7. The molecule has 1 saturated heterocycles. The van der Waals surface area contributed by atoms with Gasteiger partial charge in [-0.2, -0.15) is 0 Å². The van der Waals surface area contributed by atoms with Crippen molar-refractivity contribution in [3.63, 3.8) is 0 Å². The molecule has 2 aromatic carbocycles. The highest BCUT2D eigenvalue weighted by Crippen LogP contribution is 2.39. The number of carboxylic acids is 1. The third-order valence-electron chi connectivity index (χ3n) is 4.80. The van der Waals surface area contributed by atoms with Gasteiger partial charge in [0.05, 0.1) is 5.37 Å². The lowest BCUT2D eigenvalue weighted by molar-refractivity contribution is -0.138. The van der Waals surface area contributed by atoms with Crippen molar-refractivity contribution in [2.75, 3.05) is 19.0 Å². The number of aliphatic carboxylic acids is 1. The number of carbonyl (C=O) groups is 1. The van der Waals surface area contributed by atoms with Gasteiger partial charge < -0.3 is 14.6 Å². The molecule has 1 heterocycles. The average molecular weight is 422 g/mol. The molecule has 0 bridgehead atoms. The Labute approximate surface area is 174 Å². The van der Waals surface area contributed by atoms with Crippen molar-refractivity contribution in [1.29, 1.82) is 0 Å². The van der Waals surface area contributed by atoms with E-state index in [0.717, 1.165) is 22.4 Å². The smallest absolute Gasteiger partial charge is 0.321 e. The lowest BCUT2D eigenvalue weighted by Gasteiger charge is -2.18. The fourth-order valence-corrected chi connectivity index (χ4v) is 4.52. The van der Waals surface area contributed by atoms with Crippen LogP contribution in [0.4, 0.5) is 0 Å². The minimum atomic E-state index is -0.850. The molecule has 2 unspecified atom stereocenters. The van der Waals surface area contributed by atoms with Crippen molar-refractivity contribution in [1.82, 2.24) is 5.32 Å². The Bertz CT molecular complexity index is 874. The largest absolute Gasteiger partial charge is 0.490 e. The van der Waals surface area contributed by atoms with Crippen LogP contribution >= 0.6 is 23.4 Å². The average Bonchev–Trinajstić information content (AvgIpc) is 3.15. The number of nitrogens with one attached hydrogen (secondary N) is 1. The zero-order valence-corrected chi connectivity index (χ0v) is 17.7. The summed E-state index contributed by atoms with van der Waals surface area (Å²) in [5.41, 5.74) is 4.28. The topological polar surface area (TPSA) is 67.8 Å². The number of halogens is 1. The Balaban J connectivity index is 1.64. The predicted molar refractivity (Wildman–Crippen MR) is 113 cm³/mol. The van der Waals surface area contributed by atoms with Gasteiger partial charge in [0.25, 0.3) is 0 Å². The fraction of sp³-hybridized carbons (Fsp3) is 0.381. The molecule has 0 aromatic heterocycles. The van der Waals surface area contributed by atoms with Crippen molar-refractivity contribution < 1.29 is 19.4 Å². The van der Waals surface area contributed by atoms with Crippen LogP contribution in [-0.2, 0) is 4.79 Å². The van der Waals surface area contributed by atoms with Crippen LogP contribution in [0, 0.1) is 20.8 Å². The normalized spacial score (nSPS) is 18.9. The molecule has 1 aliphatic rings. The first-order valence-corrected chi connectivity index (χ1v) is 10.5. The number of benzene rings is 2. The van der Waals surface area contributed by atoms with Gasteiger partial charge in [-0.05, 0) is 55.7 Å². The van der Waals surface area contributed by atoms with E-state index in [-0.39, 0.29) is 5.37 Å². The van der Waals surface area contributed by atoms with Gasteiger partial charge in [-0.3, -0.25) is 10.1 Å². The SMILES string of the molecule is Cc1ccc(C)c(OCCOc2ccc(Cl)cc2C2NC(C(=O)O)CS2)c1C. The van der Waals surface area contributed by atoms with E-state index < -0.39 is 12.0 Å². The van der Waals surface area contributed by atoms with E-state index in [0.29, 0.717) is 29.7 Å². The predicted octanol–water partition coefficient (Wildman–Crippen LogP) is 4.51. The maximum Gasteiger partial charge on any atom is 0.321 e. The van der Waals surface area contributed by atoms with Crippen molar-refractivity contribution in [2.24, 2.45) is 0 Å². The Kier molecular flexibility index (Phi) is 6.75. The first-order chi connectivity index (χ1) is 13.4. The molecule has 2 atom stereocenters. The van der Waals surface area contributed by atoms with Gasteiger partial charge in [0, 0.05) is 16.3 Å². The second kappa shape index (κ2) is 9.07. The number of thioether (sulfide) groups is 1. The van der Waals surface area contributed by atoms with Crippen LogP contribution < -0.4 is 14.8 Å². The van der Waals surface area contributed by atoms with Gasteiger partial charge in [0.1, 0.15) is 30.8 Å². The van der Waals surface area contributed by atoms with Crippen LogP contribution in [0.15, 0.2) is 30.3 Å². The standard InChI is InChI=1S/C21H24ClNO4S/c1-12-4-5-13(2)19(14(12)3)27-9-8-26-18-7-6-15(22)10-16(18)20-23-17(11-28-20)21(24)25/h4-7,10,17,20,23H,8-9,11H2,1-3H3,(H,24,25). The van der Waals surface area contributed by atoms with E-state index in [1.807, 2.05) is 19.1 Å². The summed E-state index contributed by atoms with van der Waals surface area (Å²) in [6.45, 7) is 6.94. The molecular formula is C21H24ClNO4S. The van der Waals surface area contributed by atoms with E-state index in [9.17, 15) is 9.90 Å². The summed E-state index contributed by atoms with van der Waals surface area (Å²) >= 11 is 7.69. The number of hydrogen-bond donors (Lipinski definition) is 2. The van der Waals surface area contributed by atoms with Crippen molar-refractivity contribution >= 4 is 29.3 Å². The Hall–Kier alpha value is -1.89. The lowest BCUT2D eigenvalue weighted by Crippen LogP contribution is -2.33. The lowest BCUT2D eigenvalue weighted by atomic mass is 10.1. The molecule has 0 saturated carbocycles. The number of aryl methyl sites for hydroxylation is 2. The Morgan fingerprint density at radius 3 is 2.61 bits per heavy atom. The highest BCUT2D eigenvalue weighted by Gasteiger charge is 2.32. The summed E-state index contributed by atoms with van der Waals surface area (Å²) in [5, 5.41) is 12.7. The summed E-state index contributed by atoms with van der Waals surface area (Å²) in [6, 6.07) is 8.98. The summed E-state index contributed by atoms with van der Waals surface area (Å²) in [5.74, 6) is 1.23. The minimum Gasteiger partial charge on any atom is -0.490 e. The quantitative estimate of drug-likeness (QED) is 0.641. The Morgan fingerprint density at radius 1 is 1.18 bits per heavy atom. The maximum atomic E-state index is 11.2. The minimum absolute atomic E-state index is 0.169. The number of carboxylic acid groups (broad SMARTS) is 1. The van der Waals surface area contributed by atoms with E-state index in [4.69, 9.17) is 21.1 Å². The van der Waals surface area contributed by atoms with E-state index in [1.54, 1.807) is 6.07 Å². The van der Waals surface area contributed by atoms with Crippen LogP contribution in [-0.4, -0.2) is 36.1 Å². The van der Waals surface area contributed by atoms with Crippen molar-refractivity contribution in [2.45, 2.75) is 32.2 Å². The maximum absolute atomic E-state index is 11.2. The molecule has 5 nitrogen and oxygen atoms in total. The molecule has 1 aliphatic heterocycles. The molecule has 0 amide bonds. The molecular weight excluding hydrogens is 398 g/mol. The summed E-state index contributed by atoms with van der Waals surface area (Å²) in [4.78, 5) is 11.2. The number of hydrogen-bond acceptors (Lipinski definition) is 5.